The Bertz CT molecular complexity index is 639. The number of hydrogen-bond acceptors (Lipinski definition) is 4. The van der Waals surface area contributed by atoms with Crippen LogP contribution in [0.25, 0.3) is 0 Å². The standard InChI is InChI=1S/C13H15BrN4O/c1-3-15-12-6-10(4-5-16-12)8-18-9(2)17-7-11(14)13(18)19/h4-7H,3,8H2,1-2H3,(H,15,16). The molecule has 0 saturated carbocycles. The van der Waals surface area contributed by atoms with E-state index in [-0.39, 0.29) is 5.56 Å². The average molecular weight is 323 g/mol. The molecule has 0 amide bonds. The van der Waals surface area contributed by atoms with Gasteiger partial charge in [-0.2, -0.15) is 0 Å². The number of halogens is 1. The van der Waals surface area contributed by atoms with Gasteiger partial charge in [-0.25, -0.2) is 9.97 Å². The molecular formula is C13H15BrN4O. The van der Waals surface area contributed by atoms with E-state index in [2.05, 4.69) is 31.2 Å². The maximum Gasteiger partial charge on any atom is 0.268 e. The van der Waals surface area contributed by atoms with Crippen molar-refractivity contribution >= 4 is 21.7 Å². The van der Waals surface area contributed by atoms with Gasteiger partial charge in [-0.05, 0) is 47.5 Å². The van der Waals surface area contributed by atoms with Gasteiger partial charge < -0.3 is 5.32 Å². The smallest absolute Gasteiger partial charge is 0.268 e. The van der Waals surface area contributed by atoms with Gasteiger partial charge in [0.2, 0.25) is 0 Å². The Labute approximate surface area is 119 Å². The van der Waals surface area contributed by atoms with Crippen LogP contribution in [0.5, 0.6) is 0 Å². The molecule has 2 aromatic rings. The zero-order valence-electron chi connectivity index (χ0n) is 10.9. The molecule has 0 aliphatic heterocycles. The zero-order chi connectivity index (χ0) is 13.8. The minimum atomic E-state index is -0.0747. The summed E-state index contributed by atoms with van der Waals surface area (Å²) in [5.41, 5.74) is 0.936. The Morgan fingerprint density at radius 1 is 1.42 bits per heavy atom. The van der Waals surface area contributed by atoms with Gasteiger partial charge >= 0.3 is 0 Å². The molecule has 0 aliphatic rings. The van der Waals surface area contributed by atoms with Gasteiger partial charge in [0, 0.05) is 18.9 Å². The van der Waals surface area contributed by atoms with Gasteiger partial charge in [-0.15, -0.1) is 0 Å². The number of aryl methyl sites for hydroxylation is 1. The SMILES string of the molecule is CCNc1cc(Cn2c(C)ncc(Br)c2=O)ccn1. The highest BCUT2D eigenvalue weighted by atomic mass is 79.9. The zero-order valence-corrected chi connectivity index (χ0v) is 12.4. The second kappa shape index (κ2) is 5.97. The molecule has 0 spiro atoms. The van der Waals surface area contributed by atoms with Crippen molar-refractivity contribution < 1.29 is 0 Å². The molecular weight excluding hydrogens is 308 g/mol. The quantitative estimate of drug-likeness (QED) is 0.937. The third-order valence-corrected chi connectivity index (χ3v) is 3.27. The minimum absolute atomic E-state index is 0.0747. The predicted octanol–water partition coefficient (Wildman–Crippen LogP) is 2.19. The summed E-state index contributed by atoms with van der Waals surface area (Å²) in [5, 5.41) is 3.15. The number of pyridine rings is 1. The van der Waals surface area contributed by atoms with Crippen LogP contribution in [0, 0.1) is 6.92 Å². The Kier molecular flexibility index (Phi) is 4.31. The fourth-order valence-corrected chi connectivity index (χ4v) is 2.09. The van der Waals surface area contributed by atoms with Crippen molar-refractivity contribution in [2.24, 2.45) is 0 Å². The minimum Gasteiger partial charge on any atom is -0.370 e. The predicted molar refractivity (Wildman–Crippen MR) is 78.4 cm³/mol. The van der Waals surface area contributed by atoms with Crippen LogP contribution in [0.1, 0.15) is 18.3 Å². The van der Waals surface area contributed by atoms with Gasteiger partial charge in [0.05, 0.1) is 6.54 Å². The van der Waals surface area contributed by atoms with Crippen molar-refractivity contribution in [2.75, 3.05) is 11.9 Å². The molecule has 6 heteroatoms. The number of hydrogen-bond donors (Lipinski definition) is 1. The molecule has 1 N–H and O–H groups in total. The summed E-state index contributed by atoms with van der Waals surface area (Å²) in [6, 6.07) is 3.84. The van der Waals surface area contributed by atoms with Crippen LogP contribution in [0.2, 0.25) is 0 Å². The van der Waals surface area contributed by atoms with Gasteiger partial charge in [0.25, 0.3) is 5.56 Å². The summed E-state index contributed by atoms with van der Waals surface area (Å²) in [5.74, 6) is 1.50. The van der Waals surface area contributed by atoms with Gasteiger partial charge in [-0.3, -0.25) is 9.36 Å². The first-order valence-corrected chi connectivity index (χ1v) is 6.82. The number of nitrogens with one attached hydrogen (secondary N) is 1. The maximum absolute atomic E-state index is 12.0. The van der Waals surface area contributed by atoms with E-state index < -0.39 is 0 Å². The van der Waals surface area contributed by atoms with E-state index >= 15 is 0 Å². The molecule has 2 heterocycles. The van der Waals surface area contributed by atoms with E-state index in [0.717, 1.165) is 17.9 Å². The van der Waals surface area contributed by atoms with Crippen molar-refractivity contribution in [3.63, 3.8) is 0 Å². The molecule has 0 aliphatic carbocycles. The number of rotatable bonds is 4. The lowest BCUT2D eigenvalue weighted by Gasteiger charge is -2.10. The van der Waals surface area contributed by atoms with Crippen LogP contribution in [0.3, 0.4) is 0 Å². The van der Waals surface area contributed by atoms with E-state index in [1.54, 1.807) is 10.8 Å². The second-order valence-corrected chi connectivity index (χ2v) is 4.98. The van der Waals surface area contributed by atoms with E-state index in [1.807, 2.05) is 26.0 Å². The van der Waals surface area contributed by atoms with E-state index in [9.17, 15) is 4.79 Å². The van der Waals surface area contributed by atoms with E-state index in [4.69, 9.17) is 0 Å². The first kappa shape index (κ1) is 13.7. The molecule has 2 rings (SSSR count). The highest BCUT2D eigenvalue weighted by Crippen LogP contribution is 2.09. The lowest BCUT2D eigenvalue weighted by atomic mass is 10.2. The van der Waals surface area contributed by atoms with Crippen molar-refractivity contribution in [1.82, 2.24) is 14.5 Å². The van der Waals surface area contributed by atoms with Crippen LogP contribution in [0.15, 0.2) is 33.8 Å². The third-order valence-electron chi connectivity index (χ3n) is 2.73. The molecule has 19 heavy (non-hydrogen) atoms. The first-order valence-electron chi connectivity index (χ1n) is 6.02. The topological polar surface area (TPSA) is 59.8 Å². The summed E-state index contributed by atoms with van der Waals surface area (Å²) < 4.78 is 2.11. The number of nitrogens with zero attached hydrogens (tertiary/aromatic N) is 3. The van der Waals surface area contributed by atoms with Gasteiger partial charge in [0.1, 0.15) is 16.1 Å². The molecule has 2 aromatic heterocycles. The molecule has 0 saturated heterocycles. The Balaban J connectivity index is 2.34. The maximum atomic E-state index is 12.0. The Hall–Kier alpha value is -1.69. The van der Waals surface area contributed by atoms with E-state index in [0.29, 0.717) is 16.8 Å². The molecule has 5 nitrogen and oxygen atoms in total. The largest absolute Gasteiger partial charge is 0.370 e. The molecule has 0 bridgehead atoms. The molecule has 0 unspecified atom stereocenters. The van der Waals surface area contributed by atoms with Crippen molar-refractivity contribution in [3.05, 3.63) is 50.7 Å². The number of aromatic nitrogens is 3. The summed E-state index contributed by atoms with van der Waals surface area (Å²) in [6.45, 7) is 5.13. The van der Waals surface area contributed by atoms with Crippen molar-refractivity contribution in [3.8, 4) is 0 Å². The fraction of sp³-hybridized carbons (Fsp3) is 0.308. The number of anilines is 1. The third kappa shape index (κ3) is 3.20. The Morgan fingerprint density at radius 3 is 2.95 bits per heavy atom. The lowest BCUT2D eigenvalue weighted by Crippen LogP contribution is -2.24. The molecule has 0 atom stereocenters. The Morgan fingerprint density at radius 2 is 2.21 bits per heavy atom. The summed E-state index contributed by atoms with van der Waals surface area (Å²) >= 11 is 3.21. The van der Waals surface area contributed by atoms with Crippen LogP contribution < -0.4 is 10.9 Å². The lowest BCUT2D eigenvalue weighted by molar-refractivity contribution is 0.695. The molecule has 100 valence electrons. The van der Waals surface area contributed by atoms with Crippen LogP contribution in [-0.4, -0.2) is 21.1 Å². The monoisotopic (exact) mass is 322 g/mol. The van der Waals surface area contributed by atoms with Crippen molar-refractivity contribution in [1.29, 1.82) is 0 Å². The molecule has 0 aromatic carbocycles. The van der Waals surface area contributed by atoms with Crippen LogP contribution in [-0.2, 0) is 6.54 Å². The second-order valence-electron chi connectivity index (χ2n) is 4.12. The van der Waals surface area contributed by atoms with Crippen LogP contribution in [0.4, 0.5) is 5.82 Å². The first-order chi connectivity index (χ1) is 9.11. The van der Waals surface area contributed by atoms with Crippen LogP contribution >= 0.6 is 15.9 Å². The normalized spacial score (nSPS) is 10.5. The van der Waals surface area contributed by atoms with Crippen molar-refractivity contribution in [2.45, 2.75) is 20.4 Å². The summed E-state index contributed by atoms with van der Waals surface area (Å²) in [4.78, 5) is 20.4. The van der Waals surface area contributed by atoms with Gasteiger partial charge in [0.15, 0.2) is 0 Å². The highest BCUT2D eigenvalue weighted by molar-refractivity contribution is 9.10. The highest BCUT2D eigenvalue weighted by Gasteiger charge is 2.06. The fourth-order valence-electron chi connectivity index (χ4n) is 1.77. The summed E-state index contributed by atoms with van der Waals surface area (Å²) in [7, 11) is 0. The molecule has 0 radical (unpaired) electrons. The van der Waals surface area contributed by atoms with Gasteiger partial charge in [-0.1, -0.05) is 0 Å². The summed E-state index contributed by atoms with van der Waals surface area (Å²) in [6.07, 6.45) is 3.27. The average Bonchev–Trinajstić information content (AvgIpc) is 2.40. The van der Waals surface area contributed by atoms with E-state index in [1.165, 1.54) is 6.20 Å². The molecule has 0 fully saturated rings.